The third-order valence-corrected chi connectivity index (χ3v) is 3.23. The molecule has 2 rings (SSSR count). The molecule has 1 heterocycles. The molecule has 21 heavy (non-hydrogen) atoms. The van der Waals surface area contributed by atoms with E-state index in [2.05, 4.69) is 5.32 Å². The average Bonchev–Trinajstić information content (AvgIpc) is 2.73. The molecule has 1 aliphatic rings. The van der Waals surface area contributed by atoms with E-state index in [0.717, 1.165) is 0 Å². The molecule has 1 aromatic rings. The number of nitrogens with one attached hydrogen (secondary N) is 1. The highest BCUT2D eigenvalue weighted by Gasteiger charge is 2.29. The molecule has 0 radical (unpaired) electrons. The maximum Gasteiger partial charge on any atom is 0.356 e. The third-order valence-electron chi connectivity index (χ3n) is 3.23. The van der Waals surface area contributed by atoms with Crippen LogP contribution in [0.2, 0.25) is 0 Å². The zero-order valence-electron chi connectivity index (χ0n) is 12.4. The van der Waals surface area contributed by atoms with Crippen LogP contribution in [0.25, 0.3) is 6.08 Å². The summed E-state index contributed by atoms with van der Waals surface area (Å²) in [5.74, 6) is 1.67. The third kappa shape index (κ3) is 2.62. The fourth-order valence-electron chi connectivity index (χ4n) is 2.02. The van der Waals surface area contributed by atoms with Gasteiger partial charge in [-0.1, -0.05) is 0 Å². The predicted molar refractivity (Wildman–Crippen MR) is 77.6 cm³/mol. The minimum absolute atomic E-state index is 0.271. The summed E-state index contributed by atoms with van der Waals surface area (Å²) in [4.78, 5) is 11.9. The van der Waals surface area contributed by atoms with Crippen molar-refractivity contribution in [3.63, 3.8) is 0 Å². The van der Waals surface area contributed by atoms with Crippen molar-refractivity contribution in [1.29, 1.82) is 0 Å². The van der Waals surface area contributed by atoms with Crippen LogP contribution in [-0.4, -0.2) is 44.8 Å². The molecule has 0 bridgehead atoms. The Balaban J connectivity index is 2.56. The van der Waals surface area contributed by atoms with Crippen molar-refractivity contribution in [2.24, 2.45) is 5.73 Å². The second-order valence-corrected chi connectivity index (χ2v) is 4.38. The van der Waals surface area contributed by atoms with Crippen molar-refractivity contribution in [2.45, 2.75) is 0 Å². The number of nitrogens with two attached hydrogens (primary N) is 1. The molecule has 0 aliphatic carbocycles. The second-order valence-electron chi connectivity index (χ2n) is 4.38. The normalized spacial score (nSPS) is 16.2. The fourth-order valence-corrected chi connectivity index (χ4v) is 2.02. The van der Waals surface area contributed by atoms with Crippen molar-refractivity contribution < 1.29 is 23.6 Å². The minimum atomic E-state index is -0.271. The molecule has 7 heteroatoms. The Hall–Kier alpha value is -2.70. The van der Waals surface area contributed by atoms with Gasteiger partial charge in [-0.15, -0.1) is 0 Å². The van der Waals surface area contributed by atoms with Crippen LogP contribution in [0.1, 0.15) is 5.56 Å². The number of likely N-dealkylation sites (N-methyl/N-ethyl adjacent to an activating group) is 1. The maximum absolute atomic E-state index is 11.9. The van der Waals surface area contributed by atoms with Gasteiger partial charge in [0, 0.05) is 11.6 Å². The lowest BCUT2D eigenvalue weighted by atomic mass is 10.1. The Morgan fingerprint density at radius 1 is 1.10 bits per heavy atom. The number of carbonyl (C=O) groups is 1. The minimum Gasteiger partial charge on any atom is -0.496 e. The molecular formula is C14H18N3O4+. The van der Waals surface area contributed by atoms with Gasteiger partial charge in [-0.3, -0.25) is 5.73 Å². The van der Waals surface area contributed by atoms with Gasteiger partial charge in [0.15, 0.2) is 17.2 Å². The summed E-state index contributed by atoms with van der Waals surface area (Å²) in [6.07, 6.45) is 1.68. The number of guanidine groups is 1. The molecule has 1 aromatic carbocycles. The summed E-state index contributed by atoms with van der Waals surface area (Å²) in [5, 5.41) is 2.54. The largest absolute Gasteiger partial charge is 0.496 e. The highest BCUT2D eigenvalue weighted by atomic mass is 16.5. The molecule has 0 aromatic heterocycles. The van der Waals surface area contributed by atoms with E-state index in [-0.39, 0.29) is 11.9 Å². The fraction of sp³-hybridized carbons (Fsp3) is 0.286. The van der Waals surface area contributed by atoms with Crippen molar-refractivity contribution in [2.75, 3.05) is 28.4 Å². The number of amides is 1. The number of rotatable bonds is 4. The Morgan fingerprint density at radius 2 is 1.67 bits per heavy atom. The van der Waals surface area contributed by atoms with E-state index in [0.29, 0.717) is 28.5 Å². The SMILES string of the molecule is COc1cc(OC)c(OC)cc1/C=C1/C(=O)NC(N)=[N+]1C. The highest BCUT2D eigenvalue weighted by Crippen LogP contribution is 2.35. The molecule has 1 amide bonds. The Kier molecular flexibility index (Phi) is 4.02. The van der Waals surface area contributed by atoms with Crippen LogP contribution >= 0.6 is 0 Å². The average molecular weight is 292 g/mol. The smallest absolute Gasteiger partial charge is 0.356 e. The van der Waals surface area contributed by atoms with E-state index in [1.807, 2.05) is 0 Å². The molecule has 0 fully saturated rings. The van der Waals surface area contributed by atoms with Gasteiger partial charge in [-0.05, 0) is 12.1 Å². The molecule has 0 atom stereocenters. The van der Waals surface area contributed by atoms with Crippen molar-refractivity contribution >= 4 is 17.9 Å². The van der Waals surface area contributed by atoms with Crippen LogP contribution < -0.4 is 25.3 Å². The topological polar surface area (TPSA) is 85.8 Å². The zero-order chi connectivity index (χ0) is 15.6. The summed E-state index contributed by atoms with van der Waals surface area (Å²) in [6.45, 7) is 0. The van der Waals surface area contributed by atoms with Crippen LogP contribution in [0.15, 0.2) is 17.8 Å². The number of hydrogen-bond donors (Lipinski definition) is 2. The summed E-state index contributed by atoms with van der Waals surface area (Å²) in [5.41, 5.74) is 6.78. The van der Waals surface area contributed by atoms with Crippen LogP contribution in [0.5, 0.6) is 17.2 Å². The lowest BCUT2D eigenvalue weighted by molar-refractivity contribution is -0.432. The molecule has 0 saturated carbocycles. The first-order chi connectivity index (χ1) is 10.0. The van der Waals surface area contributed by atoms with Gasteiger partial charge < -0.3 is 14.2 Å². The summed E-state index contributed by atoms with van der Waals surface area (Å²) < 4.78 is 17.4. The van der Waals surface area contributed by atoms with E-state index in [1.165, 1.54) is 0 Å². The van der Waals surface area contributed by atoms with E-state index in [1.54, 1.807) is 51.2 Å². The molecular weight excluding hydrogens is 274 g/mol. The number of ether oxygens (including phenoxy) is 3. The van der Waals surface area contributed by atoms with E-state index >= 15 is 0 Å². The number of carbonyl (C=O) groups excluding carboxylic acids is 1. The molecule has 3 N–H and O–H groups in total. The summed E-state index contributed by atoms with van der Waals surface area (Å²) in [6, 6.07) is 3.44. The van der Waals surface area contributed by atoms with Crippen molar-refractivity contribution in [3.8, 4) is 17.2 Å². The van der Waals surface area contributed by atoms with Crippen LogP contribution in [0.4, 0.5) is 0 Å². The number of nitrogens with zero attached hydrogens (tertiary/aromatic N) is 1. The van der Waals surface area contributed by atoms with Gasteiger partial charge in [-0.2, -0.15) is 0 Å². The second kappa shape index (κ2) is 5.74. The van der Waals surface area contributed by atoms with Gasteiger partial charge in [0.2, 0.25) is 0 Å². The van der Waals surface area contributed by atoms with Crippen LogP contribution in [0.3, 0.4) is 0 Å². The van der Waals surface area contributed by atoms with E-state index in [9.17, 15) is 4.79 Å². The van der Waals surface area contributed by atoms with E-state index < -0.39 is 0 Å². The summed E-state index contributed by atoms with van der Waals surface area (Å²) in [7, 11) is 6.33. The Morgan fingerprint density at radius 3 is 2.14 bits per heavy atom. The Bertz CT molecular complexity index is 650. The van der Waals surface area contributed by atoms with E-state index in [4.69, 9.17) is 19.9 Å². The lowest BCUT2D eigenvalue weighted by Crippen LogP contribution is -2.32. The maximum atomic E-state index is 11.9. The monoisotopic (exact) mass is 292 g/mol. The first kappa shape index (κ1) is 14.7. The van der Waals surface area contributed by atoms with Crippen molar-refractivity contribution in [1.82, 2.24) is 5.32 Å². The predicted octanol–water partition coefficient (Wildman–Crippen LogP) is 0.140. The molecule has 0 spiro atoms. The quantitative estimate of drug-likeness (QED) is 0.609. The van der Waals surface area contributed by atoms with Crippen LogP contribution in [0, 0.1) is 0 Å². The van der Waals surface area contributed by atoms with Gasteiger partial charge in [-0.25, -0.2) is 14.7 Å². The molecule has 0 unspecified atom stereocenters. The number of benzene rings is 1. The summed E-state index contributed by atoms with van der Waals surface area (Å²) >= 11 is 0. The van der Waals surface area contributed by atoms with Gasteiger partial charge >= 0.3 is 11.9 Å². The number of methoxy groups -OCH3 is 3. The molecule has 0 saturated heterocycles. The van der Waals surface area contributed by atoms with Crippen molar-refractivity contribution in [3.05, 3.63) is 23.4 Å². The van der Waals surface area contributed by atoms with Gasteiger partial charge in [0.05, 0.1) is 28.4 Å². The number of hydrogen-bond acceptors (Lipinski definition) is 5. The zero-order valence-corrected chi connectivity index (χ0v) is 12.4. The standard InChI is InChI=1S/C14H17N3O4/c1-17-9(13(18)16-14(17)15)5-8-6-11(20-3)12(21-4)7-10(8)19-2/h5-7H,1-4H3,(H2,15,16,18)/p+1/b9-5-. The van der Waals surface area contributed by atoms with Gasteiger partial charge in [0.25, 0.3) is 0 Å². The van der Waals surface area contributed by atoms with Gasteiger partial charge in [0.1, 0.15) is 5.75 Å². The molecule has 112 valence electrons. The highest BCUT2D eigenvalue weighted by molar-refractivity contribution is 6.08. The molecule has 1 aliphatic heterocycles. The van der Waals surface area contributed by atoms with Crippen LogP contribution in [-0.2, 0) is 4.79 Å². The first-order valence-electron chi connectivity index (χ1n) is 6.21. The Labute approximate surface area is 122 Å². The molecule has 7 nitrogen and oxygen atoms in total. The lowest BCUT2D eigenvalue weighted by Gasteiger charge is -2.12. The first-order valence-corrected chi connectivity index (χ1v) is 6.21.